The molecule has 0 spiro atoms. The Hall–Kier alpha value is -1.82. The van der Waals surface area contributed by atoms with Crippen molar-refractivity contribution in [3.63, 3.8) is 0 Å². The van der Waals surface area contributed by atoms with E-state index in [0.29, 0.717) is 18.4 Å². The molecular weight excluding hydrogens is 340 g/mol. The Balaban J connectivity index is 1.34. The summed E-state index contributed by atoms with van der Waals surface area (Å²) in [5.41, 5.74) is 1.71. The van der Waals surface area contributed by atoms with Crippen molar-refractivity contribution in [2.24, 2.45) is 5.92 Å². The number of likely N-dealkylation sites (N-methyl/N-ethyl adjacent to an activating group) is 1. The molecule has 0 aromatic carbocycles. The van der Waals surface area contributed by atoms with Gasteiger partial charge in [-0.25, -0.2) is 0 Å². The van der Waals surface area contributed by atoms with Crippen LogP contribution >= 0.6 is 0 Å². The number of hydrogen-bond acceptors (Lipinski definition) is 3. The number of carbonyl (C=O) groups is 2. The molecule has 0 aliphatic carbocycles. The fourth-order valence-electron chi connectivity index (χ4n) is 4.48. The first kappa shape index (κ1) is 19.9. The van der Waals surface area contributed by atoms with Gasteiger partial charge < -0.3 is 15.2 Å². The van der Waals surface area contributed by atoms with Crippen LogP contribution in [0.4, 0.5) is 0 Å². The molecule has 6 nitrogen and oxygen atoms in total. The van der Waals surface area contributed by atoms with E-state index in [0.717, 1.165) is 63.2 Å². The fourth-order valence-corrected chi connectivity index (χ4v) is 4.48. The first-order valence-electron chi connectivity index (χ1n) is 10.5. The van der Waals surface area contributed by atoms with Crippen molar-refractivity contribution in [1.82, 2.24) is 20.1 Å². The van der Waals surface area contributed by atoms with Gasteiger partial charge in [0.25, 0.3) is 5.91 Å². The SMILES string of the molecule is CCN1CCC[C@@H]1CNC(=O)CCC1CCN(C(=O)c2cc[nH]c2C)CC1. The summed E-state index contributed by atoms with van der Waals surface area (Å²) in [5, 5.41) is 3.13. The van der Waals surface area contributed by atoms with E-state index in [9.17, 15) is 9.59 Å². The third-order valence-corrected chi connectivity index (χ3v) is 6.31. The minimum Gasteiger partial charge on any atom is -0.365 e. The van der Waals surface area contributed by atoms with Crippen molar-refractivity contribution >= 4 is 11.8 Å². The number of nitrogens with one attached hydrogen (secondary N) is 2. The van der Waals surface area contributed by atoms with E-state index >= 15 is 0 Å². The van der Waals surface area contributed by atoms with Crippen LogP contribution in [-0.2, 0) is 4.79 Å². The van der Waals surface area contributed by atoms with Gasteiger partial charge >= 0.3 is 0 Å². The molecule has 6 heteroatoms. The zero-order valence-electron chi connectivity index (χ0n) is 16.8. The van der Waals surface area contributed by atoms with Gasteiger partial charge in [-0.3, -0.25) is 14.5 Å². The maximum atomic E-state index is 12.6. The molecule has 3 rings (SSSR count). The van der Waals surface area contributed by atoms with Crippen LogP contribution in [0.15, 0.2) is 12.3 Å². The van der Waals surface area contributed by atoms with Gasteiger partial charge in [0.1, 0.15) is 0 Å². The topological polar surface area (TPSA) is 68.4 Å². The predicted molar refractivity (Wildman–Crippen MR) is 107 cm³/mol. The van der Waals surface area contributed by atoms with E-state index < -0.39 is 0 Å². The van der Waals surface area contributed by atoms with Gasteiger partial charge in [-0.05, 0) is 64.1 Å². The van der Waals surface area contributed by atoms with Crippen LogP contribution in [-0.4, -0.2) is 65.4 Å². The standard InChI is InChI=1S/C21H34N4O2/c1-3-24-12-4-5-18(24)15-23-20(26)7-6-17-9-13-25(14-10-17)21(27)19-8-11-22-16(19)2/h8,11,17-18,22H,3-7,9-10,12-15H2,1-2H3,(H,23,26)/t18-/m1/s1. The molecule has 2 fully saturated rings. The molecule has 150 valence electrons. The van der Waals surface area contributed by atoms with E-state index in [1.54, 1.807) is 0 Å². The third-order valence-electron chi connectivity index (χ3n) is 6.31. The van der Waals surface area contributed by atoms with Crippen LogP contribution in [0.5, 0.6) is 0 Å². The molecule has 27 heavy (non-hydrogen) atoms. The highest BCUT2D eigenvalue weighted by atomic mass is 16.2. The van der Waals surface area contributed by atoms with E-state index in [4.69, 9.17) is 0 Å². The van der Waals surface area contributed by atoms with E-state index in [1.807, 2.05) is 24.1 Å². The fraction of sp³-hybridized carbons (Fsp3) is 0.714. The van der Waals surface area contributed by atoms with Gasteiger partial charge in [0.05, 0.1) is 5.56 Å². The Bertz CT molecular complexity index is 634. The molecule has 1 aromatic heterocycles. The first-order valence-corrected chi connectivity index (χ1v) is 10.5. The monoisotopic (exact) mass is 374 g/mol. The van der Waals surface area contributed by atoms with Crippen molar-refractivity contribution in [2.45, 2.75) is 58.4 Å². The molecule has 1 atom stereocenters. The Morgan fingerprint density at radius 3 is 2.67 bits per heavy atom. The molecule has 1 aromatic rings. The largest absolute Gasteiger partial charge is 0.365 e. The van der Waals surface area contributed by atoms with Gasteiger partial charge in [0.2, 0.25) is 5.91 Å². The van der Waals surface area contributed by atoms with E-state index in [1.165, 1.54) is 12.8 Å². The number of likely N-dealkylation sites (tertiary alicyclic amines) is 2. The second kappa shape index (κ2) is 9.40. The van der Waals surface area contributed by atoms with Crippen molar-refractivity contribution in [2.75, 3.05) is 32.7 Å². The summed E-state index contributed by atoms with van der Waals surface area (Å²) in [7, 11) is 0. The molecular formula is C21H34N4O2. The van der Waals surface area contributed by atoms with E-state index in [2.05, 4.69) is 22.1 Å². The van der Waals surface area contributed by atoms with Crippen LogP contribution in [0.1, 0.15) is 61.5 Å². The van der Waals surface area contributed by atoms with Gasteiger partial charge in [0, 0.05) is 44.0 Å². The van der Waals surface area contributed by atoms with E-state index in [-0.39, 0.29) is 11.8 Å². The highest BCUT2D eigenvalue weighted by Crippen LogP contribution is 2.23. The molecule has 0 radical (unpaired) electrons. The van der Waals surface area contributed by atoms with Gasteiger partial charge in [-0.2, -0.15) is 0 Å². The molecule has 2 amide bonds. The Morgan fingerprint density at radius 2 is 2.00 bits per heavy atom. The zero-order valence-corrected chi connectivity index (χ0v) is 16.8. The molecule has 2 N–H and O–H groups in total. The number of aromatic amines is 1. The van der Waals surface area contributed by atoms with Crippen LogP contribution < -0.4 is 5.32 Å². The minimum absolute atomic E-state index is 0.127. The normalized spacial score (nSPS) is 21.6. The number of nitrogens with zero attached hydrogens (tertiary/aromatic N) is 2. The molecule has 3 heterocycles. The van der Waals surface area contributed by atoms with Gasteiger partial charge in [-0.15, -0.1) is 0 Å². The first-order chi connectivity index (χ1) is 13.1. The summed E-state index contributed by atoms with van der Waals surface area (Å²) in [5.74, 6) is 0.854. The number of rotatable bonds is 7. The van der Waals surface area contributed by atoms with Crippen molar-refractivity contribution in [3.8, 4) is 0 Å². The minimum atomic E-state index is 0.127. The van der Waals surface area contributed by atoms with Gasteiger partial charge in [0.15, 0.2) is 0 Å². The number of piperidine rings is 1. The lowest BCUT2D eigenvalue weighted by molar-refractivity contribution is -0.121. The molecule has 0 bridgehead atoms. The van der Waals surface area contributed by atoms with Crippen LogP contribution in [0.3, 0.4) is 0 Å². The average molecular weight is 375 g/mol. The maximum absolute atomic E-state index is 12.6. The van der Waals surface area contributed by atoms with Crippen molar-refractivity contribution in [1.29, 1.82) is 0 Å². The second-order valence-corrected chi connectivity index (χ2v) is 8.02. The molecule has 2 aliphatic rings. The Kier molecular flexibility index (Phi) is 6.94. The Labute approximate surface area is 162 Å². The van der Waals surface area contributed by atoms with Crippen molar-refractivity contribution < 1.29 is 9.59 Å². The summed E-state index contributed by atoms with van der Waals surface area (Å²) in [6.45, 7) is 8.73. The lowest BCUT2D eigenvalue weighted by Gasteiger charge is -2.32. The molecule has 2 aliphatic heterocycles. The van der Waals surface area contributed by atoms with Crippen molar-refractivity contribution in [3.05, 3.63) is 23.5 Å². The Morgan fingerprint density at radius 1 is 1.22 bits per heavy atom. The highest BCUT2D eigenvalue weighted by molar-refractivity contribution is 5.95. The van der Waals surface area contributed by atoms with Crippen LogP contribution in [0.25, 0.3) is 0 Å². The molecule has 0 unspecified atom stereocenters. The molecule has 0 saturated carbocycles. The third kappa shape index (κ3) is 5.12. The number of H-pyrrole nitrogens is 1. The summed E-state index contributed by atoms with van der Waals surface area (Å²) >= 11 is 0. The number of amides is 2. The van der Waals surface area contributed by atoms with Gasteiger partial charge in [-0.1, -0.05) is 6.92 Å². The van der Waals surface area contributed by atoms with Crippen LogP contribution in [0.2, 0.25) is 0 Å². The molecule has 2 saturated heterocycles. The second-order valence-electron chi connectivity index (χ2n) is 8.02. The quantitative estimate of drug-likeness (QED) is 0.771. The zero-order chi connectivity index (χ0) is 19.2. The maximum Gasteiger partial charge on any atom is 0.255 e. The van der Waals surface area contributed by atoms with Crippen LogP contribution in [0, 0.1) is 12.8 Å². The number of hydrogen-bond donors (Lipinski definition) is 2. The number of aromatic nitrogens is 1. The predicted octanol–water partition coefficient (Wildman–Crippen LogP) is 2.56. The smallest absolute Gasteiger partial charge is 0.255 e. The summed E-state index contributed by atoms with van der Waals surface area (Å²) < 4.78 is 0. The average Bonchev–Trinajstić information content (AvgIpc) is 3.32. The lowest BCUT2D eigenvalue weighted by Crippen LogP contribution is -2.40. The summed E-state index contributed by atoms with van der Waals surface area (Å²) in [4.78, 5) is 32.2. The highest BCUT2D eigenvalue weighted by Gasteiger charge is 2.26. The summed E-state index contributed by atoms with van der Waals surface area (Å²) in [6.07, 6.45) is 7.78. The summed E-state index contributed by atoms with van der Waals surface area (Å²) in [6, 6.07) is 2.38. The number of carbonyl (C=O) groups excluding carboxylic acids is 2. The lowest BCUT2D eigenvalue weighted by atomic mass is 9.91. The number of aryl methyl sites for hydroxylation is 1.